The van der Waals surface area contributed by atoms with Gasteiger partial charge < -0.3 is 19.9 Å². The molecule has 1 fully saturated rings. The summed E-state index contributed by atoms with van der Waals surface area (Å²) in [6.45, 7) is 5.11. The van der Waals surface area contributed by atoms with Crippen molar-refractivity contribution in [2.75, 3.05) is 40.3 Å². The van der Waals surface area contributed by atoms with E-state index in [0.29, 0.717) is 25.5 Å². The van der Waals surface area contributed by atoms with Gasteiger partial charge in [-0.15, -0.1) is 0 Å². The summed E-state index contributed by atoms with van der Waals surface area (Å²) < 4.78 is 5.38. The number of rotatable bonds is 27. The third-order valence-corrected chi connectivity index (χ3v) is 8.68. The number of carbonyl (C=O) groups is 2. The first kappa shape index (κ1) is 37.7. The molecule has 1 atom stereocenters. The van der Waals surface area contributed by atoms with E-state index in [1.807, 2.05) is 14.1 Å². The van der Waals surface area contributed by atoms with Gasteiger partial charge in [-0.05, 0) is 52.7 Å². The Morgan fingerprint density at radius 3 is 1.76 bits per heavy atom. The lowest BCUT2D eigenvalue weighted by molar-refractivity contribution is -0.135. The minimum atomic E-state index is -0.341. The molecule has 1 saturated heterocycles. The van der Waals surface area contributed by atoms with E-state index in [2.05, 4.69) is 22.0 Å². The Labute approximate surface area is 255 Å². The maximum Gasteiger partial charge on any atom is 0.407 e. The van der Waals surface area contributed by atoms with Crippen molar-refractivity contribution in [2.45, 2.75) is 173 Å². The molecule has 41 heavy (non-hydrogen) atoms. The van der Waals surface area contributed by atoms with Gasteiger partial charge in [0.15, 0.2) is 0 Å². The Hall–Kier alpha value is -1.30. The fourth-order valence-corrected chi connectivity index (χ4v) is 6.05. The van der Waals surface area contributed by atoms with Crippen molar-refractivity contribution in [3.63, 3.8) is 0 Å². The highest BCUT2D eigenvalue weighted by atomic mass is 16.5. The highest BCUT2D eigenvalue weighted by Crippen LogP contribution is 2.22. The van der Waals surface area contributed by atoms with E-state index in [-0.39, 0.29) is 12.1 Å². The Kier molecular flexibility index (Phi) is 25.3. The number of carbonyl (C=O) groups excluding carboxylic acids is 2. The number of amides is 2. The second-order valence-corrected chi connectivity index (χ2v) is 12.9. The van der Waals surface area contributed by atoms with E-state index >= 15 is 0 Å². The standard InChI is InChI=1S/C35H69N3O3/c1-4-5-6-7-8-9-10-11-12-13-14-15-16-17-18-19-20-21-22-27-34(39)38-31-24-23-26-33(38)28-32-41-35(40)36-29-25-30-37(2)3/h33H,4-32H2,1-3H3,(H,36,40). The summed E-state index contributed by atoms with van der Waals surface area (Å²) in [6, 6.07) is 0.220. The summed E-state index contributed by atoms with van der Waals surface area (Å²) in [7, 11) is 4.05. The van der Waals surface area contributed by atoms with Gasteiger partial charge in [0.2, 0.25) is 5.91 Å². The maximum atomic E-state index is 12.9. The minimum Gasteiger partial charge on any atom is -0.449 e. The number of ether oxygens (including phenoxy) is 1. The van der Waals surface area contributed by atoms with Crippen LogP contribution in [0, 0.1) is 0 Å². The van der Waals surface area contributed by atoms with Crippen molar-refractivity contribution in [1.82, 2.24) is 15.1 Å². The summed E-state index contributed by atoms with van der Waals surface area (Å²) in [6.07, 6.45) is 31.3. The van der Waals surface area contributed by atoms with Gasteiger partial charge in [-0.25, -0.2) is 4.79 Å². The largest absolute Gasteiger partial charge is 0.449 e. The molecule has 0 aromatic heterocycles. The smallest absolute Gasteiger partial charge is 0.407 e. The number of nitrogens with one attached hydrogen (secondary N) is 1. The molecule has 1 N–H and O–H groups in total. The zero-order valence-corrected chi connectivity index (χ0v) is 27.7. The second kappa shape index (κ2) is 27.5. The number of alkyl carbamates (subject to hydrolysis) is 1. The molecule has 0 bridgehead atoms. The topological polar surface area (TPSA) is 61.9 Å². The van der Waals surface area contributed by atoms with E-state index in [9.17, 15) is 9.59 Å². The first-order valence-corrected chi connectivity index (χ1v) is 17.9. The lowest BCUT2D eigenvalue weighted by Crippen LogP contribution is -2.44. The third kappa shape index (κ3) is 22.9. The average Bonchev–Trinajstić information content (AvgIpc) is 2.96. The molecule has 0 aromatic rings. The molecule has 1 unspecified atom stereocenters. The molecule has 1 rings (SSSR count). The number of likely N-dealkylation sites (tertiary alicyclic amines) is 1. The second-order valence-electron chi connectivity index (χ2n) is 12.9. The lowest BCUT2D eigenvalue weighted by atomic mass is 9.98. The molecule has 0 radical (unpaired) electrons. The van der Waals surface area contributed by atoms with Crippen LogP contribution in [0.5, 0.6) is 0 Å². The lowest BCUT2D eigenvalue weighted by Gasteiger charge is -2.36. The quantitative estimate of drug-likeness (QED) is 0.0985. The maximum absolute atomic E-state index is 12.9. The van der Waals surface area contributed by atoms with Crippen molar-refractivity contribution >= 4 is 12.0 Å². The fourth-order valence-electron chi connectivity index (χ4n) is 6.05. The molecule has 1 aliphatic rings. The third-order valence-electron chi connectivity index (χ3n) is 8.68. The van der Waals surface area contributed by atoms with E-state index in [4.69, 9.17) is 4.74 Å². The highest BCUT2D eigenvalue weighted by molar-refractivity contribution is 5.76. The summed E-state index contributed by atoms with van der Waals surface area (Å²) >= 11 is 0. The monoisotopic (exact) mass is 580 g/mol. The van der Waals surface area contributed by atoms with Crippen molar-refractivity contribution in [2.24, 2.45) is 0 Å². The number of nitrogens with zero attached hydrogens (tertiary/aromatic N) is 2. The average molecular weight is 580 g/mol. The normalized spacial score (nSPS) is 15.4. The van der Waals surface area contributed by atoms with Crippen molar-refractivity contribution < 1.29 is 14.3 Å². The van der Waals surface area contributed by atoms with Gasteiger partial charge in [0, 0.05) is 32.0 Å². The number of piperidine rings is 1. The Bertz CT molecular complexity index is 613. The first-order valence-electron chi connectivity index (χ1n) is 17.9. The molecular weight excluding hydrogens is 510 g/mol. The van der Waals surface area contributed by atoms with Crippen LogP contribution < -0.4 is 5.32 Å². The Balaban J connectivity index is 1.94. The van der Waals surface area contributed by atoms with Crippen LogP contribution in [0.25, 0.3) is 0 Å². The predicted molar refractivity (Wildman–Crippen MR) is 175 cm³/mol. The van der Waals surface area contributed by atoms with E-state index in [1.54, 1.807) is 0 Å². The van der Waals surface area contributed by atoms with E-state index in [1.165, 1.54) is 116 Å². The fraction of sp³-hybridized carbons (Fsp3) is 0.943. The van der Waals surface area contributed by atoms with Gasteiger partial charge in [0.05, 0.1) is 6.61 Å². The summed E-state index contributed by atoms with van der Waals surface area (Å²) in [5.74, 6) is 0.301. The SMILES string of the molecule is CCCCCCCCCCCCCCCCCCCCCC(=O)N1CCCCC1CCOC(=O)NCCCN(C)C. The molecule has 0 spiro atoms. The van der Waals surface area contributed by atoms with Crippen LogP contribution >= 0.6 is 0 Å². The summed E-state index contributed by atoms with van der Waals surface area (Å²) in [4.78, 5) is 29.0. The zero-order valence-electron chi connectivity index (χ0n) is 27.7. The summed E-state index contributed by atoms with van der Waals surface area (Å²) in [5.41, 5.74) is 0. The first-order chi connectivity index (χ1) is 20.0. The molecule has 0 aromatic carbocycles. The van der Waals surface area contributed by atoms with Gasteiger partial charge in [0.25, 0.3) is 0 Å². The van der Waals surface area contributed by atoms with Gasteiger partial charge in [-0.2, -0.15) is 0 Å². The molecule has 242 valence electrons. The molecule has 6 heteroatoms. The van der Waals surface area contributed by atoms with Crippen molar-refractivity contribution in [1.29, 1.82) is 0 Å². The molecule has 0 saturated carbocycles. The van der Waals surface area contributed by atoms with E-state index in [0.717, 1.165) is 51.6 Å². The molecule has 1 heterocycles. The van der Waals surface area contributed by atoms with Gasteiger partial charge in [-0.1, -0.05) is 122 Å². The Morgan fingerprint density at radius 2 is 1.24 bits per heavy atom. The number of hydrogen-bond acceptors (Lipinski definition) is 4. The summed E-state index contributed by atoms with van der Waals surface area (Å²) in [5, 5.41) is 2.82. The van der Waals surface area contributed by atoms with E-state index < -0.39 is 0 Å². The molecule has 0 aliphatic carbocycles. The molecule has 1 aliphatic heterocycles. The highest BCUT2D eigenvalue weighted by Gasteiger charge is 2.26. The van der Waals surface area contributed by atoms with Crippen LogP contribution in [-0.4, -0.2) is 68.2 Å². The van der Waals surface area contributed by atoms with Crippen LogP contribution in [0.4, 0.5) is 4.79 Å². The zero-order chi connectivity index (χ0) is 29.8. The number of unbranched alkanes of at least 4 members (excludes halogenated alkanes) is 18. The number of hydrogen-bond donors (Lipinski definition) is 1. The van der Waals surface area contributed by atoms with Gasteiger partial charge in [-0.3, -0.25) is 4.79 Å². The van der Waals surface area contributed by atoms with Crippen LogP contribution in [0.2, 0.25) is 0 Å². The molecule has 2 amide bonds. The Morgan fingerprint density at radius 1 is 0.732 bits per heavy atom. The molecule has 6 nitrogen and oxygen atoms in total. The van der Waals surface area contributed by atoms with Crippen LogP contribution in [0.15, 0.2) is 0 Å². The van der Waals surface area contributed by atoms with Crippen LogP contribution in [0.3, 0.4) is 0 Å². The van der Waals surface area contributed by atoms with Gasteiger partial charge in [0.1, 0.15) is 0 Å². The van der Waals surface area contributed by atoms with Crippen LogP contribution in [0.1, 0.15) is 167 Å². The van der Waals surface area contributed by atoms with Gasteiger partial charge >= 0.3 is 6.09 Å². The predicted octanol–water partition coefficient (Wildman–Crippen LogP) is 9.26. The van der Waals surface area contributed by atoms with Crippen LogP contribution in [-0.2, 0) is 9.53 Å². The van der Waals surface area contributed by atoms with Crippen molar-refractivity contribution in [3.05, 3.63) is 0 Å². The van der Waals surface area contributed by atoms with Crippen molar-refractivity contribution in [3.8, 4) is 0 Å². The minimum absolute atomic E-state index is 0.220. The molecular formula is C35H69N3O3.